The fourth-order valence-corrected chi connectivity index (χ4v) is 2.65. The number of nitrogens with zero attached hydrogens (tertiary/aromatic N) is 1. The van der Waals surface area contributed by atoms with Crippen molar-refractivity contribution in [3.05, 3.63) is 54.4 Å². The molecule has 2 aromatic rings. The van der Waals surface area contributed by atoms with E-state index < -0.39 is 6.04 Å². The molecule has 6 nitrogen and oxygen atoms in total. The molecule has 1 aliphatic heterocycles. The second kappa shape index (κ2) is 7.59. The zero-order chi connectivity index (χ0) is 16.8. The molecule has 1 atom stereocenters. The highest BCUT2D eigenvalue weighted by atomic mass is 16.2. The smallest absolute Gasteiger partial charge is 0.315 e. The number of benzene rings is 1. The monoisotopic (exact) mass is 324 g/mol. The van der Waals surface area contributed by atoms with Gasteiger partial charge in [0.25, 0.3) is 0 Å². The summed E-state index contributed by atoms with van der Waals surface area (Å²) >= 11 is 0. The molecule has 6 heteroatoms. The first-order valence-electron chi connectivity index (χ1n) is 8.04. The third-order valence-corrected chi connectivity index (χ3v) is 3.99. The number of amides is 3. The van der Waals surface area contributed by atoms with Crippen molar-refractivity contribution in [1.29, 1.82) is 0 Å². The van der Waals surface area contributed by atoms with Gasteiger partial charge in [-0.05, 0) is 35.6 Å². The van der Waals surface area contributed by atoms with Crippen LogP contribution in [0.1, 0.15) is 18.4 Å². The number of rotatable bonds is 4. The molecule has 0 aliphatic carbocycles. The molecular formula is C18H20N4O2. The topological polar surface area (TPSA) is 83.1 Å². The summed E-state index contributed by atoms with van der Waals surface area (Å²) in [6, 6.07) is 11.1. The Labute approximate surface area is 140 Å². The van der Waals surface area contributed by atoms with Gasteiger partial charge in [0.05, 0.1) is 0 Å². The van der Waals surface area contributed by atoms with Crippen LogP contribution >= 0.6 is 0 Å². The third kappa shape index (κ3) is 4.10. The van der Waals surface area contributed by atoms with Crippen molar-refractivity contribution in [1.82, 2.24) is 20.9 Å². The van der Waals surface area contributed by atoms with Crippen LogP contribution < -0.4 is 16.0 Å². The van der Waals surface area contributed by atoms with E-state index in [9.17, 15) is 9.59 Å². The van der Waals surface area contributed by atoms with Crippen molar-refractivity contribution in [2.75, 3.05) is 6.54 Å². The molecule has 1 unspecified atom stereocenters. The SMILES string of the molecule is O=C(NCc1ccc(-c2cccnc2)cc1)NC1CCCNC1=O. The van der Waals surface area contributed by atoms with Gasteiger partial charge in [-0.1, -0.05) is 30.3 Å². The molecule has 1 aromatic heterocycles. The van der Waals surface area contributed by atoms with Crippen LogP contribution in [0.5, 0.6) is 0 Å². The molecule has 1 fully saturated rings. The molecular weight excluding hydrogens is 304 g/mol. The van der Waals surface area contributed by atoms with Crippen LogP contribution in [0, 0.1) is 0 Å². The Morgan fingerprint density at radius 1 is 1.21 bits per heavy atom. The summed E-state index contributed by atoms with van der Waals surface area (Å²) in [7, 11) is 0. The highest BCUT2D eigenvalue weighted by molar-refractivity contribution is 5.87. The third-order valence-electron chi connectivity index (χ3n) is 3.99. The maximum atomic E-state index is 11.9. The fraction of sp³-hybridized carbons (Fsp3) is 0.278. The fourth-order valence-electron chi connectivity index (χ4n) is 2.65. The van der Waals surface area contributed by atoms with Crippen LogP contribution in [-0.4, -0.2) is 29.5 Å². The molecule has 124 valence electrons. The lowest BCUT2D eigenvalue weighted by atomic mass is 10.1. The van der Waals surface area contributed by atoms with Crippen LogP contribution in [0.4, 0.5) is 4.79 Å². The molecule has 1 aromatic carbocycles. The lowest BCUT2D eigenvalue weighted by molar-refractivity contribution is -0.124. The number of aromatic nitrogens is 1. The molecule has 1 saturated heterocycles. The van der Waals surface area contributed by atoms with Gasteiger partial charge in [-0.3, -0.25) is 9.78 Å². The van der Waals surface area contributed by atoms with Crippen molar-refractivity contribution in [2.24, 2.45) is 0 Å². The lowest BCUT2D eigenvalue weighted by Gasteiger charge is -2.22. The van der Waals surface area contributed by atoms with Gasteiger partial charge in [0.15, 0.2) is 0 Å². The first-order chi connectivity index (χ1) is 11.7. The Balaban J connectivity index is 1.51. The second-order valence-electron chi connectivity index (χ2n) is 5.75. The highest BCUT2D eigenvalue weighted by Gasteiger charge is 2.23. The predicted octanol–water partition coefficient (Wildman–Crippen LogP) is 1.83. The van der Waals surface area contributed by atoms with E-state index in [2.05, 4.69) is 20.9 Å². The largest absolute Gasteiger partial charge is 0.354 e. The summed E-state index contributed by atoms with van der Waals surface area (Å²) in [5.41, 5.74) is 3.12. The molecule has 1 aliphatic rings. The van der Waals surface area contributed by atoms with Crippen molar-refractivity contribution < 1.29 is 9.59 Å². The van der Waals surface area contributed by atoms with E-state index in [1.807, 2.05) is 42.6 Å². The quantitative estimate of drug-likeness (QED) is 0.802. The Morgan fingerprint density at radius 2 is 2.04 bits per heavy atom. The van der Waals surface area contributed by atoms with E-state index in [4.69, 9.17) is 0 Å². The zero-order valence-electron chi connectivity index (χ0n) is 13.3. The molecule has 0 saturated carbocycles. The van der Waals surface area contributed by atoms with Crippen molar-refractivity contribution in [3.8, 4) is 11.1 Å². The average Bonchev–Trinajstić information content (AvgIpc) is 2.63. The van der Waals surface area contributed by atoms with E-state index >= 15 is 0 Å². The first kappa shape index (κ1) is 16.0. The maximum absolute atomic E-state index is 11.9. The number of hydrogen-bond acceptors (Lipinski definition) is 3. The summed E-state index contributed by atoms with van der Waals surface area (Å²) in [6.07, 6.45) is 5.12. The van der Waals surface area contributed by atoms with E-state index in [-0.39, 0.29) is 11.9 Å². The van der Waals surface area contributed by atoms with Gasteiger partial charge in [-0.25, -0.2) is 4.79 Å². The standard InChI is InChI=1S/C18H20N4O2/c23-17-16(4-2-10-20-17)22-18(24)21-11-13-5-7-14(8-6-13)15-3-1-9-19-12-15/h1,3,5-9,12,16H,2,4,10-11H2,(H,20,23)(H2,21,22,24). The van der Waals surface area contributed by atoms with Gasteiger partial charge in [-0.15, -0.1) is 0 Å². The summed E-state index contributed by atoms with van der Waals surface area (Å²) in [5.74, 6) is -0.114. The summed E-state index contributed by atoms with van der Waals surface area (Å²) in [4.78, 5) is 27.6. The maximum Gasteiger partial charge on any atom is 0.315 e. The Kier molecular flexibility index (Phi) is 5.05. The van der Waals surface area contributed by atoms with Gasteiger partial charge in [-0.2, -0.15) is 0 Å². The van der Waals surface area contributed by atoms with Gasteiger partial charge in [0, 0.05) is 25.5 Å². The highest BCUT2D eigenvalue weighted by Crippen LogP contribution is 2.18. The molecule has 0 radical (unpaired) electrons. The second-order valence-corrected chi connectivity index (χ2v) is 5.75. The van der Waals surface area contributed by atoms with E-state index in [0.29, 0.717) is 19.5 Å². The van der Waals surface area contributed by atoms with Crippen molar-refractivity contribution in [3.63, 3.8) is 0 Å². The molecule has 0 bridgehead atoms. The molecule has 3 N–H and O–H groups in total. The number of hydrogen-bond donors (Lipinski definition) is 3. The van der Waals surface area contributed by atoms with Crippen LogP contribution in [0.15, 0.2) is 48.8 Å². The number of carbonyl (C=O) groups excluding carboxylic acids is 2. The molecule has 0 spiro atoms. The number of pyridine rings is 1. The minimum Gasteiger partial charge on any atom is -0.354 e. The van der Waals surface area contributed by atoms with E-state index in [1.54, 1.807) is 6.20 Å². The molecule has 3 rings (SSSR count). The number of carbonyl (C=O) groups is 2. The number of urea groups is 1. The van der Waals surface area contributed by atoms with Crippen LogP contribution in [0.25, 0.3) is 11.1 Å². The van der Waals surface area contributed by atoms with E-state index in [0.717, 1.165) is 23.1 Å². The van der Waals surface area contributed by atoms with Gasteiger partial charge < -0.3 is 16.0 Å². The Morgan fingerprint density at radius 3 is 2.75 bits per heavy atom. The summed E-state index contributed by atoms with van der Waals surface area (Å²) in [6.45, 7) is 1.09. The van der Waals surface area contributed by atoms with E-state index in [1.165, 1.54) is 0 Å². The lowest BCUT2D eigenvalue weighted by Crippen LogP contribution is -2.52. The minimum absolute atomic E-state index is 0.114. The molecule has 2 heterocycles. The van der Waals surface area contributed by atoms with Crippen molar-refractivity contribution in [2.45, 2.75) is 25.4 Å². The van der Waals surface area contributed by atoms with Gasteiger partial charge in [0.1, 0.15) is 6.04 Å². The molecule has 24 heavy (non-hydrogen) atoms. The Bertz CT molecular complexity index is 701. The van der Waals surface area contributed by atoms with Crippen molar-refractivity contribution >= 4 is 11.9 Å². The minimum atomic E-state index is -0.438. The van der Waals surface area contributed by atoms with Gasteiger partial charge >= 0.3 is 6.03 Å². The molecule has 3 amide bonds. The first-order valence-corrected chi connectivity index (χ1v) is 8.04. The predicted molar refractivity (Wildman–Crippen MR) is 91.1 cm³/mol. The van der Waals surface area contributed by atoms with Crippen LogP contribution in [0.3, 0.4) is 0 Å². The van der Waals surface area contributed by atoms with Crippen LogP contribution in [0.2, 0.25) is 0 Å². The Hall–Kier alpha value is -2.89. The zero-order valence-corrected chi connectivity index (χ0v) is 13.3. The normalized spacial score (nSPS) is 17.0. The number of piperidine rings is 1. The van der Waals surface area contributed by atoms with Gasteiger partial charge in [0.2, 0.25) is 5.91 Å². The number of nitrogens with one attached hydrogen (secondary N) is 3. The summed E-state index contributed by atoms with van der Waals surface area (Å²) < 4.78 is 0. The van der Waals surface area contributed by atoms with Crippen LogP contribution in [-0.2, 0) is 11.3 Å². The average molecular weight is 324 g/mol. The summed E-state index contributed by atoms with van der Waals surface area (Å²) in [5, 5.41) is 8.24.